The summed E-state index contributed by atoms with van der Waals surface area (Å²) in [5.74, 6) is -0.555. The van der Waals surface area contributed by atoms with Crippen LogP contribution in [0.2, 0.25) is 0 Å². The van der Waals surface area contributed by atoms with E-state index in [9.17, 15) is 9.59 Å². The van der Waals surface area contributed by atoms with Crippen LogP contribution >= 0.6 is 0 Å². The van der Waals surface area contributed by atoms with E-state index in [1.165, 1.54) is 0 Å². The molecular formula is C14H14N4O2. The Morgan fingerprint density at radius 1 is 1.05 bits per heavy atom. The van der Waals surface area contributed by atoms with Crippen molar-refractivity contribution in [1.29, 1.82) is 0 Å². The van der Waals surface area contributed by atoms with Crippen LogP contribution in [0, 0.1) is 0 Å². The Hall–Kier alpha value is -2.76. The molecule has 0 radical (unpaired) electrons. The number of benzene rings is 1. The number of nitrogens with one attached hydrogen (secondary N) is 2. The van der Waals surface area contributed by atoms with Gasteiger partial charge in [0.1, 0.15) is 0 Å². The van der Waals surface area contributed by atoms with Gasteiger partial charge in [-0.15, -0.1) is 0 Å². The van der Waals surface area contributed by atoms with Crippen molar-refractivity contribution in [3.8, 4) is 0 Å². The summed E-state index contributed by atoms with van der Waals surface area (Å²) in [5, 5.41) is 5.20. The van der Waals surface area contributed by atoms with Gasteiger partial charge in [0.2, 0.25) is 5.91 Å². The molecule has 1 aromatic heterocycles. The van der Waals surface area contributed by atoms with Crippen molar-refractivity contribution in [2.24, 2.45) is 0 Å². The zero-order valence-electron chi connectivity index (χ0n) is 10.7. The summed E-state index contributed by atoms with van der Waals surface area (Å²) in [6.45, 7) is 0.210. The maximum atomic E-state index is 11.7. The second-order valence-corrected chi connectivity index (χ2v) is 4.02. The predicted molar refractivity (Wildman–Crippen MR) is 72.7 cm³/mol. The first-order valence-electron chi connectivity index (χ1n) is 6.10. The Bertz CT molecular complexity index is 572. The predicted octanol–water partition coefficient (Wildman–Crippen LogP) is 0.523. The van der Waals surface area contributed by atoms with E-state index in [0.29, 0.717) is 11.3 Å². The summed E-state index contributed by atoms with van der Waals surface area (Å²) in [7, 11) is 0. The molecule has 0 aliphatic carbocycles. The lowest BCUT2D eigenvalue weighted by molar-refractivity contribution is -0.120. The first kappa shape index (κ1) is 13.7. The standard InChI is InChI=1S/C14H14N4O2/c19-13(17-9-12-8-15-6-7-16-12)10-18-14(20)11-4-2-1-3-5-11/h1-8H,9-10H2,(H,17,19)(H,18,20). The molecule has 0 saturated carbocycles. The number of amides is 2. The van der Waals surface area contributed by atoms with Gasteiger partial charge in [0.25, 0.3) is 5.91 Å². The Labute approximate surface area is 116 Å². The van der Waals surface area contributed by atoms with Crippen molar-refractivity contribution in [3.63, 3.8) is 0 Å². The number of hydrogen-bond acceptors (Lipinski definition) is 4. The van der Waals surface area contributed by atoms with Crippen molar-refractivity contribution in [2.45, 2.75) is 6.54 Å². The zero-order chi connectivity index (χ0) is 14.2. The Morgan fingerprint density at radius 3 is 2.55 bits per heavy atom. The molecule has 20 heavy (non-hydrogen) atoms. The lowest BCUT2D eigenvalue weighted by atomic mass is 10.2. The van der Waals surface area contributed by atoms with Crippen molar-refractivity contribution in [2.75, 3.05) is 6.54 Å². The molecule has 2 aromatic rings. The average molecular weight is 270 g/mol. The van der Waals surface area contributed by atoms with Gasteiger partial charge >= 0.3 is 0 Å². The third-order valence-electron chi connectivity index (χ3n) is 2.53. The number of aromatic nitrogens is 2. The molecule has 2 amide bonds. The smallest absolute Gasteiger partial charge is 0.251 e. The first-order valence-corrected chi connectivity index (χ1v) is 6.10. The van der Waals surface area contributed by atoms with Crippen LogP contribution in [-0.2, 0) is 11.3 Å². The fourth-order valence-corrected chi connectivity index (χ4v) is 1.53. The second-order valence-electron chi connectivity index (χ2n) is 4.02. The molecule has 2 rings (SSSR count). The summed E-state index contributed by atoms with van der Waals surface area (Å²) in [4.78, 5) is 31.2. The molecule has 0 fully saturated rings. The van der Waals surface area contributed by atoms with Gasteiger partial charge < -0.3 is 10.6 Å². The van der Waals surface area contributed by atoms with Crippen LogP contribution in [-0.4, -0.2) is 28.3 Å². The SMILES string of the molecule is O=C(CNC(=O)c1ccccc1)NCc1cnccn1. The van der Waals surface area contributed by atoms with Crippen LogP contribution in [0.15, 0.2) is 48.9 Å². The maximum Gasteiger partial charge on any atom is 0.251 e. The van der Waals surface area contributed by atoms with Crippen molar-refractivity contribution in [1.82, 2.24) is 20.6 Å². The molecule has 0 atom stereocenters. The van der Waals surface area contributed by atoms with Crippen LogP contribution in [0.1, 0.15) is 16.1 Å². The number of carbonyl (C=O) groups excluding carboxylic acids is 2. The molecule has 0 aliphatic rings. The van der Waals surface area contributed by atoms with E-state index in [1.807, 2.05) is 6.07 Å². The molecule has 102 valence electrons. The van der Waals surface area contributed by atoms with Gasteiger partial charge in [0, 0.05) is 18.0 Å². The normalized spacial score (nSPS) is 9.80. The van der Waals surface area contributed by atoms with E-state index < -0.39 is 0 Å². The van der Waals surface area contributed by atoms with Crippen LogP contribution in [0.25, 0.3) is 0 Å². The van der Waals surface area contributed by atoms with Gasteiger partial charge in [-0.2, -0.15) is 0 Å². The summed E-state index contributed by atoms with van der Waals surface area (Å²) in [6, 6.07) is 8.73. The quantitative estimate of drug-likeness (QED) is 0.829. The number of hydrogen-bond donors (Lipinski definition) is 2. The third-order valence-corrected chi connectivity index (χ3v) is 2.53. The number of carbonyl (C=O) groups is 2. The molecule has 6 nitrogen and oxygen atoms in total. The van der Waals surface area contributed by atoms with E-state index in [2.05, 4.69) is 20.6 Å². The Balaban J connectivity index is 1.74. The molecule has 0 spiro atoms. The molecule has 1 aromatic carbocycles. The Morgan fingerprint density at radius 2 is 1.85 bits per heavy atom. The molecule has 0 bridgehead atoms. The highest BCUT2D eigenvalue weighted by molar-refractivity contribution is 5.96. The topological polar surface area (TPSA) is 84.0 Å². The molecule has 0 unspecified atom stereocenters. The van der Waals surface area contributed by atoms with Gasteiger partial charge in [0.05, 0.1) is 25.0 Å². The van der Waals surface area contributed by atoms with Crippen LogP contribution in [0.5, 0.6) is 0 Å². The number of nitrogens with zero attached hydrogens (tertiary/aromatic N) is 2. The van der Waals surface area contributed by atoms with Crippen LogP contribution < -0.4 is 10.6 Å². The summed E-state index contributed by atoms with van der Waals surface area (Å²) in [5.41, 5.74) is 1.18. The lowest BCUT2D eigenvalue weighted by Crippen LogP contribution is -2.36. The van der Waals surface area contributed by atoms with E-state index >= 15 is 0 Å². The van der Waals surface area contributed by atoms with Crippen molar-refractivity contribution < 1.29 is 9.59 Å². The fraction of sp³-hybridized carbons (Fsp3) is 0.143. The highest BCUT2D eigenvalue weighted by Gasteiger charge is 2.07. The van der Waals surface area contributed by atoms with Crippen molar-refractivity contribution in [3.05, 3.63) is 60.2 Å². The molecule has 2 N–H and O–H groups in total. The summed E-state index contributed by atoms with van der Waals surface area (Å²) < 4.78 is 0. The maximum absolute atomic E-state index is 11.7. The average Bonchev–Trinajstić information content (AvgIpc) is 2.52. The first-order chi connectivity index (χ1) is 9.75. The minimum atomic E-state index is -0.278. The largest absolute Gasteiger partial charge is 0.349 e. The van der Waals surface area contributed by atoms with Gasteiger partial charge in [-0.3, -0.25) is 19.6 Å². The van der Waals surface area contributed by atoms with Gasteiger partial charge in [-0.1, -0.05) is 18.2 Å². The molecule has 6 heteroatoms. The second kappa shape index (κ2) is 6.98. The lowest BCUT2D eigenvalue weighted by Gasteiger charge is -2.06. The van der Waals surface area contributed by atoms with E-state index in [0.717, 1.165) is 0 Å². The van der Waals surface area contributed by atoms with Crippen LogP contribution in [0.4, 0.5) is 0 Å². The Kier molecular flexibility index (Phi) is 4.77. The van der Waals surface area contributed by atoms with Gasteiger partial charge in [-0.25, -0.2) is 0 Å². The fourth-order valence-electron chi connectivity index (χ4n) is 1.53. The molecular weight excluding hydrogens is 256 g/mol. The number of rotatable bonds is 5. The van der Waals surface area contributed by atoms with Gasteiger partial charge in [0.15, 0.2) is 0 Å². The van der Waals surface area contributed by atoms with Gasteiger partial charge in [-0.05, 0) is 12.1 Å². The summed E-state index contributed by atoms with van der Waals surface area (Å²) in [6.07, 6.45) is 4.69. The van der Waals surface area contributed by atoms with E-state index in [4.69, 9.17) is 0 Å². The van der Waals surface area contributed by atoms with E-state index in [1.54, 1.807) is 42.9 Å². The minimum absolute atomic E-state index is 0.0754. The highest BCUT2D eigenvalue weighted by atomic mass is 16.2. The zero-order valence-corrected chi connectivity index (χ0v) is 10.7. The molecule has 1 heterocycles. The monoisotopic (exact) mass is 270 g/mol. The van der Waals surface area contributed by atoms with Crippen LogP contribution in [0.3, 0.4) is 0 Å². The third kappa shape index (κ3) is 4.16. The molecule has 0 aliphatic heterocycles. The highest BCUT2D eigenvalue weighted by Crippen LogP contribution is 1.97. The summed E-state index contributed by atoms with van der Waals surface area (Å²) >= 11 is 0. The van der Waals surface area contributed by atoms with E-state index in [-0.39, 0.29) is 24.9 Å². The minimum Gasteiger partial charge on any atom is -0.349 e. The molecule has 0 saturated heterocycles. The van der Waals surface area contributed by atoms with Crippen molar-refractivity contribution >= 4 is 11.8 Å².